The van der Waals surface area contributed by atoms with Crippen LogP contribution in [0.25, 0.3) is 27.8 Å². The predicted molar refractivity (Wildman–Crippen MR) is 142 cm³/mol. The van der Waals surface area contributed by atoms with E-state index in [4.69, 9.17) is 15.7 Å². The van der Waals surface area contributed by atoms with E-state index in [0.29, 0.717) is 41.7 Å². The summed E-state index contributed by atoms with van der Waals surface area (Å²) in [7, 11) is 0. The standard InChI is InChI=1S/C30H30N4O3/c1-20(2)36-27-12-11-24(16-26(27)31-3)29-34-33-28(37-29)23-10-9-22-13-14-30(19-35,17-25(22)15-23)32-18-21-7-5-4-6-8-21/h4-12,15-16,20,32,35H,13-14,17-19H2,1-2H3/t30-/m0/s1. The second-order valence-corrected chi connectivity index (χ2v) is 9.81. The number of nitrogens with zero attached hydrogens (tertiary/aromatic N) is 3. The van der Waals surface area contributed by atoms with Crippen molar-refractivity contribution in [2.45, 2.75) is 51.3 Å². The predicted octanol–water partition coefficient (Wildman–Crippen LogP) is 5.75. The van der Waals surface area contributed by atoms with Crippen molar-refractivity contribution >= 4 is 5.69 Å². The lowest BCUT2D eigenvalue weighted by Gasteiger charge is -2.38. The maximum atomic E-state index is 10.3. The van der Waals surface area contributed by atoms with Crippen LogP contribution in [-0.2, 0) is 19.4 Å². The van der Waals surface area contributed by atoms with Crippen LogP contribution >= 0.6 is 0 Å². The number of rotatable bonds is 8. The first kappa shape index (κ1) is 24.7. The number of hydrogen-bond acceptors (Lipinski definition) is 6. The number of aryl methyl sites for hydroxylation is 1. The van der Waals surface area contributed by atoms with E-state index in [9.17, 15) is 5.11 Å². The van der Waals surface area contributed by atoms with Crippen molar-refractivity contribution in [3.8, 4) is 28.7 Å². The van der Waals surface area contributed by atoms with E-state index in [1.54, 1.807) is 12.1 Å². The highest BCUT2D eigenvalue weighted by Gasteiger charge is 2.33. The van der Waals surface area contributed by atoms with Gasteiger partial charge >= 0.3 is 0 Å². The Morgan fingerprint density at radius 1 is 1.03 bits per heavy atom. The topological polar surface area (TPSA) is 84.8 Å². The van der Waals surface area contributed by atoms with Gasteiger partial charge < -0.3 is 19.6 Å². The van der Waals surface area contributed by atoms with Gasteiger partial charge in [0.1, 0.15) is 5.75 Å². The smallest absolute Gasteiger partial charge is 0.248 e. The SMILES string of the molecule is [C-]#[N+]c1cc(-c2nnc(-c3ccc4c(c3)C[C@@](CO)(NCc3ccccc3)CC4)o2)ccc1OC(C)C. The summed E-state index contributed by atoms with van der Waals surface area (Å²) < 4.78 is 11.7. The molecule has 7 nitrogen and oxygen atoms in total. The van der Waals surface area contributed by atoms with E-state index in [1.165, 1.54) is 16.7 Å². The van der Waals surface area contributed by atoms with E-state index in [0.717, 1.165) is 18.4 Å². The number of hydrogen-bond donors (Lipinski definition) is 2. The zero-order valence-corrected chi connectivity index (χ0v) is 21.1. The fourth-order valence-corrected chi connectivity index (χ4v) is 4.77. The summed E-state index contributed by atoms with van der Waals surface area (Å²) in [5.74, 6) is 1.31. The first-order valence-electron chi connectivity index (χ1n) is 12.5. The summed E-state index contributed by atoms with van der Waals surface area (Å²) in [6.45, 7) is 12.1. The second kappa shape index (κ2) is 10.6. The zero-order valence-electron chi connectivity index (χ0n) is 21.1. The molecule has 0 spiro atoms. The van der Waals surface area contributed by atoms with Gasteiger partial charge in [-0.05, 0) is 80.1 Å². The third-order valence-corrected chi connectivity index (χ3v) is 6.78. The van der Waals surface area contributed by atoms with Crippen molar-refractivity contribution < 1.29 is 14.3 Å². The fraction of sp³-hybridized carbons (Fsp3) is 0.300. The monoisotopic (exact) mass is 494 g/mol. The molecule has 0 saturated carbocycles. The Bertz CT molecular complexity index is 1420. The zero-order chi connectivity index (χ0) is 25.8. The highest BCUT2D eigenvalue weighted by atomic mass is 16.5. The molecule has 1 atom stereocenters. The van der Waals surface area contributed by atoms with Crippen LogP contribution in [0.15, 0.2) is 71.1 Å². The minimum atomic E-state index is -0.378. The quantitative estimate of drug-likeness (QED) is 0.303. The van der Waals surface area contributed by atoms with Gasteiger partial charge in [-0.25, -0.2) is 4.85 Å². The number of ether oxygens (including phenoxy) is 1. The Morgan fingerprint density at radius 3 is 2.46 bits per heavy atom. The molecule has 7 heteroatoms. The Balaban J connectivity index is 1.36. The van der Waals surface area contributed by atoms with Gasteiger partial charge in [-0.15, -0.1) is 10.2 Å². The molecule has 1 heterocycles. The summed E-state index contributed by atoms with van der Waals surface area (Å²) in [6.07, 6.45) is 2.44. The van der Waals surface area contributed by atoms with E-state index < -0.39 is 0 Å². The number of fused-ring (bicyclic) bond motifs is 1. The molecule has 37 heavy (non-hydrogen) atoms. The highest BCUT2D eigenvalue weighted by Crippen LogP contribution is 2.35. The molecule has 4 aromatic rings. The van der Waals surface area contributed by atoms with Crippen LogP contribution in [0.5, 0.6) is 5.75 Å². The number of aromatic nitrogens is 2. The average molecular weight is 495 g/mol. The molecule has 5 rings (SSSR count). The molecule has 0 fully saturated rings. The molecular formula is C30H30N4O3. The van der Waals surface area contributed by atoms with Gasteiger partial charge in [0.2, 0.25) is 17.5 Å². The van der Waals surface area contributed by atoms with Crippen molar-refractivity contribution in [1.82, 2.24) is 15.5 Å². The number of aliphatic hydroxyl groups is 1. The van der Waals surface area contributed by atoms with Gasteiger partial charge in [-0.1, -0.05) is 36.4 Å². The van der Waals surface area contributed by atoms with E-state index in [1.807, 2.05) is 44.2 Å². The normalized spacial score (nSPS) is 16.8. The Labute approximate surface area is 217 Å². The van der Waals surface area contributed by atoms with Crippen molar-refractivity contribution in [1.29, 1.82) is 0 Å². The molecule has 0 bridgehead atoms. The van der Waals surface area contributed by atoms with Crippen LogP contribution < -0.4 is 10.1 Å². The summed E-state index contributed by atoms with van der Waals surface area (Å²) in [5, 5.41) is 22.5. The Kier molecular flexibility index (Phi) is 7.04. The summed E-state index contributed by atoms with van der Waals surface area (Å²) in [6, 6.07) is 21.7. The summed E-state index contributed by atoms with van der Waals surface area (Å²) in [5.41, 5.74) is 5.17. The number of aliphatic hydroxyl groups excluding tert-OH is 1. The molecule has 1 aromatic heterocycles. The highest BCUT2D eigenvalue weighted by molar-refractivity contribution is 5.69. The number of nitrogens with one attached hydrogen (secondary N) is 1. The lowest BCUT2D eigenvalue weighted by molar-refractivity contribution is 0.143. The summed E-state index contributed by atoms with van der Waals surface area (Å²) in [4.78, 5) is 3.59. The van der Waals surface area contributed by atoms with Gasteiger partial charge in [-0.2, -0.15) is 0 Å². The minimum absolute atomic E-state index is 0.0246. The first-order valence-corrected chi connectivity index (χ1v) is 12.5. The Hall–Kier alpha value is -3.99. The van der Waals surface area contributed by atoms with Gasteiger partial charge in [0, 0.05) is 23.2 Å². The van der Waals surface area contributed by atoms with Crippen LogP contribution in [0.3, 0.4) is 0 Å². The minimum Gasteiger partial charge on any atom is -0.502 e. The second-order valence-electron chi connectivity index (χ2n) is 9.81. The van der Waals surface area contributed by atoms with Crippen LogP contribution in [0, 0.1) is 6.57 Å². The molecule has 1 aliphatic carbocycles. The Morgan fingerprint density at radius 2 is 1.76 bits per heavy atom. The van der Waals surface area contributed by atoms with Gasteiger partial charge in [0.15, 0.2) is 0 Å². The van der Waals surface area contributed by atoms with Gasteiger partial charge in [-0.3, -0.25) is 0 Å². The first-order chi connectivity index (χ1) is 18.0. The van der Waals surface area contributed by atoms with Crippen LogP contribution in [-0.4, -0.2) is 33.6 Å². The fourth-order valence-electron chi connectivity index (χ4n) is 4.77. The molecule has 0 aliphatic heterocycles. The van der Waals surface area contributed by atoms with E-state index in [2.05, 4.69) is 44.6 Å². The molecule has 188 valence electrons. The lowest BCUT2D eigenvalue weighted by Crippen LogP contribution is -2.52. The molecule has 0 radical (unpaired) electrons. The summed E-state index contributed by atoms with van der Waals surface area (Å²) >= 11 is 0. The molecule has 0 saturated heterocycles. The van der Waals surface area contributed by atoms with Gasteiger partial charge in [0.05, 0.1) is 19.3 Å². The molecule has 0 unspecified atom stereocenters. The molecular weight excluding hydrogens is 464 g/mol. The van der Waals surface area contributed by atoms with Crippen molar-refractivity contribution in [3.05, 3.63) is 94.8 Å². The van der Waals surface area contributed by atoms with E-state index >= 15 is 0 Å². The third-order valence-electron chi connectivity index (χ3n) is 6.78. The lowest BCUT2D eigenvalue weighted by atomic mass is 9.77. The molecule has 1 aliphatic rings. The molecule has 2 N–H and O–H groups in total. The third kappa shape index (κ3) is 5.41. The largest absolute Gasteiger partial charge is 0.502 e. The van der Waals surface area contributed by atoms with Crippen LogP contribution in [0.1, 0.15) is 37.0 Å². The number of benzene rings is 3. The van der Waals surface area contributed by atoms with Crippen LogP contribution in [0.4, 0.5) is 5.69 Å². The van der Waals surface area contributed by atoms with Gasteiger partial charge in [0.25, 0.3) is 0 Å². The van der Waals surface area contributed by atoms with Crippen molar-refractivity contribution in [2.24, 2.45) is 0 Å². The molecule has 3 aromatic carbocycles. The van der Waals surface area contributed by atoms with Crippen molar-refractivity contribution in [3.63, 3.8) is 0 Å². The average Bonchev–Trinajstić information content (AvgIpc) is 3.42. The van der Waals surface area contributed by atoms with Crippen LogP contribution in [0.2, 0.25) is 0 Å². The van der Waals surface area contributed by atoms with Crippen molar-refractivity contribution in [2.75, 3.05) is 6.61 Å². The molecule has 0 amide bonds. The van der Waals surface area contributed by atoms with E-state index in [-0.39, 0.29) is 18.2 Å². The maximum Gasteiger partial charge on any atom is 0.248 e. The maximum absolute atomic E-state index is 10.3.